The molecule has 3 rings (SSSR count). The summed E-state index contributed by atoms with van der Waals surface area (Å²) in [4.78, 5) is 47.6. The van der Waals surface area contributed by atoms with Crippen LogP contribution in [-0.2, 0) is 19.2 Å². The van der Waals surface area contributed by atoms with Crippen molar-refractivity contribution in [2.45, 2.75) is 51.4 Å². The zero-order valence-electron chi connectivity index (χ0n) is 16.7. The van der Waals surface area contributed by atoms with E-state index in [0.717, 1.165) is 25.7 Å². The first-order valence-corrected chi connectivity index (χ1v) is 10.5. The van der Waals surface area contributed by atoms with Gasteiger partial charge in [0, 0.05) is 47.0 Å². The minimum absolute atomic E-state index is 0.348. The van der Waals surface area contributed by atoms with E-state index in [2.05, 4.69) is 10.6 Å². The summed E-state index contributed by atoms with van der Waals surface area (Å²) in [5.41, 5.74) is 0.983. The number of nitrogens with one attached hydrogen (secondary N) is 2. The lowest BCUT2D eigenvalue weighted by Crippen LogP contribution is -2.42. The lowest BCUT2D eigenvalue weighted by atomic mass is 9.78. The first-order chi connectivity index (χ1) is 14.4. The van der Waals surface area contributed by atoms with Crippen molar-refractivity contribution >= 4 is 35.1 Å². The van der Waals surface area contributed by atoms with E-state index in [4.69, 9.17) is 0 Å². The van der Waals surface area contributed by atoms with Crippen molar-refractivity contribution in [1.29, 1.82) is 0 Å². The molecule has 1 aromatic carbocycles. The first kappa shape index (κ1) is 21.8. The number of carbonyl (C=O) groups excluding carboxylic acids is 4. The van der Waals surface area contributed by atoms with Gasteiger partial charge in [-0.25, -0.2) is 0 Å². The summed E-state index contributed by atoms with van der Waals surface area (Å²) in [6.07, 6.45) is 5.08. The van der Waals surface area contributed by atoms with Crippen molar-refractivity contribution < 1.29 is 29.4 Å². The predicted octanol–water partition coefficient (Wildman–Crippen LogP) is 0.676. The predicted molar refractivity (Wildman–Crippen MR) is 105 cm³/mol. The molecule has 2 aliphatic carbocycles. The smallest absolute Gasteiger partial charge is 0.228 e. The molecule has 2 N–H and O–H groups in total. The highest BCUT2D eigenvalue weighted by Crippen LogP contribution is 2.32. The third kappa shape index (κ3) is 5.17. The number of hydrogen-bond donors (Lipinski definition) is 2. The van der Waals surface area contributed by atoms with Gasteiger partial charge in [-0.1, -0.05) is 25.7 Å². The van der Waals surface area contributed by atoms with Crippen LogP contribution >= 0.6 is 0 Å². The molecule has 2 aliphatic rings. The Balaban J connectivity index is 1.59. The standard InChI is InChI=1S/C22H28N2O6/c25-19(15-5-1-3-7-17(15)21(27)28)23-13-9-11-14(12-10-13)24-20(26)16-6-2-4-8-18(16)22(29)30/h9-12,15-18H,1-8H2,(H,23,25)(H,24,26)(H,27,28)(H,29,30)/p-2/t15-,16-,17+,18+/m0/s1. The summed E-state index contributed by atoms with van der Waals surface area (Å²) in [5.74, 6) is -5.85. The average Bonchev–Trinajstić information content (AvgIpc) is 2.75. The molecule has 0 aliphatic heterocycles. The molecule has 0 spiro atoms. The number of aliphatic carboxylic acids is 2. The molecule has 30 heavy (non-hydrogen) atoms. The monoisotopic (exact) mass is 414 g/mol. The number of carboxylic acid groups (broad SMARTS) is 2. The van der Waals surface area contributed by atoms with Crippen LogP contribution in [0.25, 0.3) is 0 Å². The lowest BCUT2D eigenvalue weighted by molar-refractivity contribution is -0.315. The molecule has 0 saturated heterocycles. The highest BCUT2D eigenvalue weighted by molar-refractivity contribution is 5.97. The van der Waals surface area contributed by atoms with Gasteiger partial charge < -0.3 is 30.4 Å². The number of carboxylic acids is 2. The minimum Gasteiger partial charge on any atom is -0.550 e. The fourth-order valence-electron chi connectivity index (χ4n) is 4.56. The minimum atomic E-state index is -1.19. The SMILES string of the molecule is O=C(Nc1ccc(NC(=O)[C@H]2CCCC[C@H]2C(=O)[O-])cc1)[C@H]1CCCC[C@H]1C(=O)[O-]. The maximum atomic E-state index is 12.5. The number of amides is 2. The van der Waals surface area contributed by atoms with E-state index in [1.165, 1.54) is 0 Å². The van der Waals surface area contributed by atoms with Crippen molar-refractivity contribution in [2.24, 2.45) is 23.7 Å². The normalized spacial score (nSPS) is 26.4. The van der Waals surface area contributed by atoms with Crippen molar-refractivity contribution in [3.8, 4) is 0 Å². The average molecular weight is 414 g/mol. The summed E-state index contributed by atoms with van der Waals surface area (Å²) in [6.45, 7) is 0. The van der Waals surface area contributed by atoms with Gasteiger partial charge in [0.2, 0.25) is 11.8 Å². The van der Waals surface area contributed by atoms with Gasteiger partial charge in [-0.3, -0.25) is 9.59 Å². The van der Waals surface area contributed by atoms with Crippen LogP contribution in [0.3, 0.4) is 0 Å². The molecule has 0 aromatic heterocycles. The number of rotatable bonds is 6. The Labute approximate surface area is 175 Å². The number of hydrogen-bond acceptors (Lipinski definition) is 6. The van der Waals surface area contributed by atoms with Crippen LogP contribution in [0.15, 0.2) is 24.3 Å². The van der Waals surface area contributed by atoms with Gasteiger partial charge in [-0.2, -0.15) is 0 Å². The molecular weight excluding hydrogens is 388 g/mol. The van der Waals surface area contributed by atoms with Gasteiger partial charge in [0.15, 0.2) is 0 Å². The van der Waals surface area contributed by atoms with E-state index in [9.17, 15) is 29.4 Å². The molecule has 8 heteroatoms. The Bertz CT molecular complexity index is 739. The Morgan fingerprint density at radius 3 is 1.20 bits per heavy atom. The van der Waals surface area contributed by atoms with Crippen LogP contribution in [-0.4, -0.2) is 23.8 Å². The van der Waals surface area contributed by atoms with Gasteiger partial charge in [-0.05, 0) is 49.9 Å². The van der Waals surface area contributed by atoms with Gasteiger partial charge in [0.25, 0.3) is 0 Å². The van der Waals surface area contributed by atoms with Crippen LogP contribution in [0.5, 0.6) is 0 Å². The molecule has 1 aromatic rings. The fraction of sp³-hybridized carbons (Fsp3) is 0.545. The van der Waals surface area contributed by atoms with E-state index in [1.807, 2.05) is 0 Å². The number of carbonyl (C=O) groups is 4. The topological polar surface area (TPSA) is 138 Å². The van der Waals surface area contributed by atoms with Crippen molar-refractivity contribution in [1.82, 2.24) is 0 Å². The molecular formula is C22H26N2O6-2. The summed E-state index contributed by atoms with van der Waals surface area (Å²) in [6, 6.07) is 6.45. The van der Waals surface area contributed by atoms with E-state index >= 15 is 0 Å². The van der Waals surface area contributed by atoms with Crippen molar-refractivity contribution in [3.05, 3.63) is 24.3 Å². The van der Waals surface area contributed by atoms with E-state index < -0.39 is 35.6 Å². The van der Waals surface area contributed by atoms with Crippen LogP contribution in [0.4, 0.5) is 11.4 Å². The molecule has 2 amide bonds. The molecule has 0 heterocycles. The van der Waals surface area contributed by atoms with E-state index in [-0.39, 0.29) is 11.8 Å². The molecule has 2 fully saturated rings. The number of benzene rings is 1. The maximum absolute atomic E-state index is 12.5. The maximum Gasteiger partial charge on any atom is 0.228 e. The van der Waals surface area contributed by atoms with Crippen LogP contribution in [0, 0.1) is 23.7 Å². The second kappa shape index (κ2) is 9.73. The second-order valence-electron chi connectivity index (χ2n) is 8.19. The molecule has 2 saturated carbocycles. The summed E-state index contributed by atoms with van der Waals surface area (Å²) < 4.78 is 0. The van der Waals surface area contributed by atoms with Crippen LogP contribution in [0.1, 0.15) is 51.4 Å². The largest absolute Gasteiger partial charge is 0.550 e. The Morgan fingerprint density at radius 2 is 0.900 bits per heavy atom. The highest BCUT2D eigenvalue weighted by atomic mass is 16.4. The Morgan fingerprint density at radius 1 is 0.600 bits per heavy atom. The zero-order valence-corrected chi connectivity index (χ0v) is 16.7. The summed E-state index contributed by atoms with van der Waals surface area (Å²) in [7, 11) is 0. The van der Waals surface area contributed by atoms with Gasteiger partial charge >= 0.3 is 0 Å². The zero-order chi connectivity index (χ0) is 21.7. The third-order valence-corrected chi connectivity index (χ3v) is 6.23. The fourth-order valence-corrected chi connectivity index (χ4v) is 4.56. The van der Waals surface area contributed by atoms with Gasteiger partial charge in [0.05, 0.1) is 0 Å². The quantitative estimate of drug-likeness (QED) is 0.702. The Kier molecular flexibility index (Phi) is 7.07. The second-order valence-corrected chi connectivity index (χ2v) is 8.19. The van der Waals surface area contributed by atoms with Gasteiger partial charge in [0.1, 0.15) is 0 Å². The molecule has 162 valence electrons. The molecule has 8 nitrogen and oxygen atoms in total. The lowest BCUT2D eigenvalue weighted by Gasteiger charge is -2.31. The van der Waals surface area contributed by atoms with Crippen molar-refractivity contribution in [2.75, 3.05) is 10.6 Å². The highest BCUT2D eigenvalue weighted by Gasteiger charge is 2.33. The summed E-state index contributed by atoms with van der Waals surface area (Å²) >= 11 is 0. The Hall–Kier alpha value is -2.90. The van der Waals surface area contributed by atoms with Crippen LogP contribution in [0.2, 0.25) is 0 Å². The summed E-state index contributed by atoms with van der Waals surface area (Å²) in [5, 5.41) is 28.1. The van der Waals surface area contributed by atoms with Gasteiger partial charge in [-0.15, -0.1) is 0 Å². The van der Waals surface area contributed by atoms with E-state index in [1.54, 1.807) is 24.3 Å². The number of anilines is 2. The van der Waals surface area contributed by atoms with E-state index in [0.29, 0.717) is 37.1 Å². The molecule has 4 atom stereocenters. The molecule has 0 radical (unpaired) electrons. The molecule has 0 bridgehead atoms. The van der Waals surface area contributed by atoms with Crippen LogP contribution < -0.4 is 20.8 Å². The molecule has 0 unspecified atom stereocenters. The van der Waals surface area contributed by atoms with Crippen molar-refractivity contribution in [3.63, 3.8) is 0 Å². The first-order valence-electron chi connectivity index (χ1n) is 10.5. The third-order valence-electron chi connectivity index (χ3n) is 6.23.